The summed E-state index contributed by atoms with van der Waals surface area (Å²) < 4.78 is 33.9. The van der Waals surface area contributed by atoms with Crippen molar-refractivity contribution in [1.29, 1.82) is 0 Å². The van der Waals surface area contributed by atoms with E-state index in [-0.39, 0.29) is 12.2 Å². The molecule has 2 aromatic carbocycles. The quantitative estimate of drug-likeness (QED) is 0.775. The van der Waals surface area contributed by atoms with Crippen molar-refractivity contribution in [3.63, 3.8) is 0 Å². The van der Waals surface area contributed by atoms with Gasteiger partial charge >= 0.3 is 12.6 Å². The fourth-order valence-electron chi connectivity index (χ4n) is 2.86. The zero-order chi connectivity index (χ0) is 19.4. The topological polar surface area (TPSA) is 84.9 Å². The van der Waals surface area contributed by atoms with Gasteiger partial charge in [0.15, 0.2) is 6.04 Å². The molecule has 27 heavy (non-hydrogen) atoms. The molecule has 0 radical (unpaired) electrons. The molecule has 1 unspecified atom stereocenters. The zero-order valence-corrected chi connectivity index (χ0v) is 14.2. The number of alkyl halides is 2. The Hall–Kier alpha value is -3.16. The molecule has 8 heteroatoms. The van der Waals surface area contributed by atoms with Crippen molar-refractivity contribution in [3.05, 3.63) is 59.2 Å². The molecule has 0 saturated heterocycles. The molecule has 1 amide bonds. The summed E-state index contributed by atoms with van der Waals surface area (Å²) in [6.07, 6.45) is 0.600. The largest absolute Gasteiger partial charge is 0.493 e. The fourth-order valence-corrected chi connectivity index (χ4v) is 2.86. The van der Waals surface area contributed by atoms with E-state index in [1.807, 2.05) is 0 Å². The number of rotatable bonds is 7. The maximum Gasteiger partial charge on any atom is 0.387 e. The molecule has 1 aliphatic heterocycles. The number of carbonyl (C=O) groups excluding carboxylic acids is 1. The van der Waals surface area contributed by atoms with Gasteiger partial charge in [-0.2, -0.15) is 8.78 Å². The Bertz CT molecular complexity index is 838. The molecular formula is C19H17F2NO5. The molecule has 0 aromatic heterocycles. The van der Waals surface area contributed by atoms with E-state index in [4.69, 9.17) is 4.74 Å². The van der Waals surface area contributed by atoms with E-state index >= 15 is 0 Å². The zero-order valence-electron chi connectivity index (χ0n) is 14.2. The number of carbonyl (C=O) groups is 2. The highest BCUT2D eigenvalue weighted by molar-refractivity contribution is 5.85. The predicted octanol–water partition coefficient (Wildman–Crippen LogP) is 2.71. The standard InChI is InChI=1S/C19H17F2NO5/c20-19(21)27-14-4-1-11(2-5-14)9-16(23)22-17(18(24)25)13-3-6-15-12(10-13)7-8-26-15/h1-6,10,17,19H,7-9H2,(H,22,23)(H,24,25). The summed E-state index contributed by atoms with van der Waals surface area (Å²) >= 11 is 0. The summed E-state index contributed by atoms with van der Waals surface area (Å²) in [5.41, 5.74) is 1.91. The molecule has 0 bridgehead atoms. The van der Waals surface area contributed by atoms with Crippen LogP contribution < -0.4 is 14.8 Å². The number of fused-ring (bicyclic) bond motifs is 1. The number of aliphatic carboxylic acids is 1. The average Bonchev–Trinajstić information content (AvgIpc) is 3.08. The van der Waals surface area contributed by atoms with Crippen molar-refractivity contribution in [2.24, 2.45) is 0 Å². The van der Waals surface area contributed by atoms with Crippen molar-refractivity contribution in [2.45, 2.75) is 25.5 Å². The van der Waals surface area contributed by atoms with Crippen LogP contribution >= 0.6 is 0 Å². The molecule has 1 atom stereocenters. The second-order valence-corrected chi connectivity index (χ2v) is 6.00. The van der Waals surface area contributed by atoms with Crippen LogP contribution in [0, 0.1) is 0 Å². The van der Waals surface area contributed by atoms with Crippen LogP contribution in [0.15, 0.2) is 42.5 Å². The summed E-state index contributed by atoms with van der Waals surface area (Å²) in [5, 5.41) is 12.0. The minimum atomic E-state index is -2.92. The number of benzene rings is 2. The molecule has 3 rings (SSSR count). The maximum atomic E-state index is 12.2. The third-order valence-corrected chi connectivity index (χ3v) is 4.11. The third-order valence-electron chi connectivity index (χ3n) is 4.11. The Morgan fingerprint density at radius 3 is 2.59 bits per heavy atom. The Kier molecular flexibility index (Phi) is 5.54. The highest BCUT2D eigenvalue weighted by atomic mass is 19.3. The molecule has 0 saturated carbocycles. The van der Waals surface area contributed by atoms with Gasteiger partial charge in [0.1, 0.15) is 11.5 Å². The molecule has 2 aromatic rings. The van der Waals surface area contributed by atoms with Crippen molar-refractivity contribution in [3.8, 4) is 11.5 Å². The summed E-state index contributed by atoms with van der Waals surface area (Å²) in [7, 11) is 0. The second kappa shape index (κ2) is 8.03. The molecule has 0 fully saturated rings. The summed E-state index contributed by atoms with van der Waals surface area (Å²) in [5.74, 6) is -0.970. The van der Waals surface area contributed by atoms with E-state index in [0.29, 0.717) is 24.2 Å². The molecule has 1 aliphatic rings. The van der Waals surface area contributed by atoms with Gasteiger partial charge in [-0.25, -0.2) is 4.79 Å². The Morgan fingerprint density at radius 1 is 1.19 bits per heavy atom. The highest BCUT2D eigenvalue weighted by Gasteiger charge is 2.24. The van der Waals surface area contributed by atoms with Gasteiger partial charge in [0.05, 0.1) is 13.0 Å². The van der Waals surface area contributed by atoms with Crippen molar-refractivity contribution in [1.82, 2.24) is 5.32 Å². The Morgan fingerprint density at radius 2 is 1.93 bits per heavy atom. The lowest BCUT2D eigenvalue weighted by Gasteiger charge is -2.16. The van der Waals surface area contributed by atoms with E-state index in [1.54, 1.807) is 18.2 Å². The molecule has 1 heterocycles. The predicted molar refractivity (Wildman–Crippen MR) is 90.9 cm³/mol. The Balaban J connectivity index is 1.66. The van der Waals surface area contributed by atoms with Crippen LogP contribution in [-0.4, -0.2) is 30.2 Å². The van der Waals surface area contributed by atoms with E-state index in [0.717, 1.165) is 11.3 Å². The van der Waals surface area contributed by atoms with Crippen LogP contribution in [0.2, 0.25) is 0 Å². The lowest BCUT2D eigenvalue weighted by atomic mass is 10.0. The smallest absolute Gasteiger partial charge is 0.387 e. The number of nitrogens with one attached hydrogen (secondary N) is 1. The SMILES string of the molecule is O=C(Cc1ccc(OC(F)F)cc1)NC(C(=O)O)c1ccc2c(c1)CCO2. The number of amides is 1. The third kappa shape index (κ3) is 4.72. The van der Waals surface area contributed by atoms with Gasteiger partial charge in [-0.05, 0) is 41.0 Å². The van der Waals surface area contributed by atoms with Gasteiger partial charge in [-0.1, -0.05) is 18.2 Å². The number of carboxylic acids is 1. The van der Waals surface area contributed by atoms with Crippen molar-refractivity contribution >= 4 is 11.9 Å². The van der Waals surface area contributed by atoms with Crippen LogP contribution in [0.25, 0.3) is 0 Å². The molecule has 2 N–H and O–H groups in total. The minimum absolute atomic E-state index is 0.0158. The molecule has 0 spiro atoms. The number of hydrogen-bond donors (Lipinski definition) is 2. The lowest BCUT2D eigenvalue weighted by molar-refractivity contribution is -0.142. The number of carboxylic acid groups (broad SMARTS) is 1. The van der Waals surface area contributed by atoms with Gasteiger partial charge in [0.25, 0.3) is 0 Å². The number of hydrogen-bond acceptors (Lipinski definition) is 4. The summed E-state index contributed by atoms with van der Waals surface area (Å²) in [6.45, 7) is -2.37. The van der Waals surface area contributed by atoms with Crippen LogP contribution in [0.3, 0.4) is 0 Å². The molecular weight excluding hydrogens is 360 g/mol. The van der Waals surface area contributed by atoms with E-state index in [9.17, 15) is 23.5 Å². The van der Waals surface area contributed by atoms with E-state index in [1.165, 1.54) is 24.3 Å². The number of halogens is 2. The first-order valence-electron chi connectivity index (χ1n) is 8.24. The molecule has 0 aliphatic carbocycles. The lowest BCUT2D eigenvalue weighted by Crippen LogP contribution is -2.34. The van der Waals surface area contributed by atoms with Gasteiger partial charge < -0.3 is 19.9 Å². The first kappa shape index (κ1) is 18.6. The van der Waals surface area contributed by atoms with Crippen LogP contribution in [-0.2, 0) is 22.4 Å². The van der Waals surface area contributed by atoms with Crippen molar-refractivity contribution in [2.75, 3.05) is 6.61 Å². The van der Waals surface area contributed by atoms with Gasteiger partial charge in [-0.3, -0.25) is 4.79 Å². The maximum absolute atomic E-state index is 12.2. The van der Waals surface area contributed by atoms with E-state index in [2.05, 4.69) is 10.1 Å². The second-order valence-electron chi connectivity index (χ2n) is 6.00. The number of ether oxygens (including phenoxy) is 2. The summed E-state index contributed by atoms with van der Waals surface area (Å²) in [6, 6.07) is 9.43. The van der Waals surface area contributed by atoms with Gasteiger partial charge in [-0.15, -0.1) is 0 Å². The van der Waals surface area contributed by atoms with Crippen LogP contribution in [0.5, 0.6) is 11.5 Å². The average molecular weight is 377 g/mol. The highest BCUT2D eigenvalue weighted by Crippen LogP contribution is 2.28. The van der Waals surface area contributed by atoms with Crippen molar-refractivity contribution < 1.29 is 33.0 Å². The monoisotopic (exact) mass is 377 g/mol. The minimum Gasteiger partial charge on any atom is -0.493 e. The van der Waals surface area contributed by atoms with Crippen LogP contribution in [0.1, 0.15) is 22.7 Å². The fraction of sp³-hybridized carbons (Fsp3) is 0.263. The molecule has 6 nitrogen and oxygen atoms in total. The summed E-state index contributed by atoms with van der Waals surface area (Å²) in [4.78, 5) is 23.8. The van der Waals surface area contributed by atoms with Crippen LogP contribution in [0.4, 0.5) is 8.78 Å². The Labute approximate surface area is 153 Å². The first-order valence-corrected chi connectivity index (χ1v) is 8.24. The first-order chi connectivity index (χ1) is 12.9. The van der Waals surface area contributed by atoms with Gasteiger partial charge in [0, 0.05) is 6.42 Å². The van der Waals surface area contributed by atoms with Gasteiger partial charge in [0.2, 0.25) is 5.91 Å². The normalized spacial score (nSPS) is 13.6. The molecule has 142 valence electrons. The van der Waals surface area contributed by atoms with E-state index < -0.39 is 24.5 Å².